The summed E-state index contributed by atoms with van der Waals surface area (Å²) >= 11 is 3.23. The number of alkyl halides is 3. The number of ether oxygens (including phenoxy) is 5. The zero-order valence-electron chi connectivity index (χ0n) is 17.8. The Balaban J connectivity index is 1.92. The number of halogens is 4. The molecule has 11 nitrogen and oxygen atoms in total. The number of esters is 1. The summed E-state index contributed by atoms with van der Waals surface area (Å²) in [6.45, 7) is 1.76. The molecule has 34 heavy (non-hydrogen) atoms. The molecule has 0 fully saturated rings. The molecule has 2 rings (SSSR count). The van der Waals surface area contributed by atoms with Gasteiger partial charge in [0.15, 0.2) is 0 Å². The summed E-state index contributed by atoms with van der Waals surface area (Å²) in [4.78, 5) is 38.0. The van der Waals surface area contributed by atoms with Gasteiger partial charge in [-0.1, -0.05) is 15.9 Å². The van der Waals surface area contributed by atoms with E-state index in [9.17, 15) is 32.9 Å². The molecule has 0 bridgehead atoms. The van der Waals surface area contributed by atoms with Gasteiger partial charge in [0.25, 0.3) is 5.09 Å². The highest BCUT2D eigenvalue weighted by Crippen LogP contribution is 2.40. The number of rotatable bonds is 10. The minimum Gasteiger partial charge on any atom is -0.475 e. The SMILES string of the molecule is Cc1cc(Br)cc2c1O[C@H](C(F)(F)F)C(C(=O)OC(C)OC(=O)OCCOCCO[N+](=O)[O-])=C2. The Kier molecular flexibility index (Phi) is 9.49. The molecule has 15 heteroatoms. The predicted octanol–water partition coefficient (Wildman–Crippen LogP) is 3.73. The molecule has 188 valence electrons. The summed E-state index contributed by atoms with van der Waals surface area (Å²) in [5, 5.41) is 8.95. The van der Waals surface area contributed by atoms with Crippen molar-refractivity contribution in [2.45, 2.75) is 32.4 Å². The zero-order chi connectivity index (χ0) is 25.5. The maximum atomic E-state index is 13.6. The monoisotopic (exact) mass is 557 g/mol. The van der Waals surface area contributed by atoms with Crippen LogP contribution in [-0.2, 0) is 28.6 Å². The van der Waals surface area contributed by atoms with E-state index in [1.807, 2.05) is 0 Å². The van der Waals surface area contributed by atoms with E-state index >= 15 is 0 Å². The van der Waals surface area contributed by atoms with Gasteiger partial charge < -0.3 is 28.5 Å². The average molecular weight is 558 g/mol. The Hall–Kier alpha value is -3.07. The van der Waals surface area contributed by atoms with Crippen LogP contribution in [0.4, 0.5) is 18.0 Å². The van der Waals surface area contributed by atoms with E-state index in [4.69, 9.17) is 14.2 Å². The Morgan fingerprint density at radius 3 is 2.53 bits per heavy atom. The molecule has 2 atom stereocenters. The second-order valence-corrected chi connectivity index (χ2v) is 7.55. The van der Waals surface area contributed by atoms with Gasteiger partial charge in [-0.2, -0.15) is 13.2 Å². The lowest BCUT2D eigenvalue weighted by Gasteiger charge is -2.29. The van der Waals surface area contributed by atoms with Crippen molar-refractivity contribution in [3.63, 3.8) is 0 Å². The van der Waals surface area contributed by atoms with E-state index in [-0.39, 0.29) is 37.7 Å². The lowest BCUT2D eigenvalue weighted by molar-refractivity contribution is -0.758. The largest absolute Gasteiger partial charge is 0.511 e. The van der Waals surface area contributed by atoms with Gasteiger partial charge in [-0.15, -0.1) is 10.1 Å². The molecule has 0 aromatic heterocycles. The van der Waals surface area contributed by atoms with Crippen LogP contribution in [0.2, 0.25) is 0 Å². The van der Waals surface area contributed by atoms with Crippen LogP contribution in [0, 0.1) is 17.0 Å². The standard InChI is InChI=1S/C19H19BrF3NO10/c1-10-7-13(20)8-12-9-14(16(19(21,22)23)34-15(10)12)17(25)32-11(2)33-18(26)30-5-3-29-4-6-31-24(27)28/h7-9,11,16H,3-6H2,1-2H3/t11?,16-/m0/s1. The molecule has 1 unspecified atom stereocenters. The van der Waals surface area contributed by atoms with Gasteiger partial charge in [0.2, 0.25) is 12.4 Å². The molecule has 0 saturated heterocycles. The topological polar surface area (TPSA) is 133 Å². The molecule has 1 aromatic rings. The highest BCUT2D eigenvalue weighted by atomic mass is 79.9. The van der Waals surface area contributed by atoms with Gasteiger partial charge in [0.1, 0.15) is 19.0 Å². The van der Waals surface area contributed by atoms with E-state index in [2.05, 4.69) is 30.2 Å². The molecule has 0 amide bonds. The molecule has 1 aromatic carbocycles. The smallest absolute Gasteiger partial charge is 0.475 e. The molecule has 0 saturated carbocycles. The molecule has 0 aliphatic carbocycles. The number of carbonyl (C=O) groups excluding carboxylic acids is 2. The Morgan fingerprint density at radius 2 is 1.88 bits per heavy atom. The number of nitrogens with zero attached hydrogens (tertiary/aromatic N) is 1. The summed E-state index contributed by atoms with van der Waals surface area (Å²) in [5.41, 5.74) is -0.168. The number of hydrogen-bond donors (Lipinski definition) is 0. The van der Waals surface area contributed by atoms with Gasteiger partial charge >= 0.3 is 18.3 Å². The fourth-order valence-corrected chi connectivity index (χ4v) is 3.32. The fraction of sp³-hybridized carbons (Fsp3) is 0.474. The molecule has 0 spiro atoms. The summed E-state index contributed by atoms with van der Waals surface area (Å²) in [6, 6.07) is 3.04. The van der Waals surface area contributed by atoms with Crippen molar-refractivity contribution in [3.05, 3.63) is 43.4 Å². The van der Waals surface area contributed by atoms with Crippen molar-refractivity contribution in [1.82, 2.24) is 0 Å². The summed E-state index contributed by atoms with van der Waals surface area (Å²) in [7, 11) is 0. The van der Waals surface area contributed by atoms with Crippen LogP contribution in [0.15, 0.2) is 22.2 Å². The number of benzene rings is 1. The molecule has 1 heterocycles. The molecular formula is C19H19BrF3NO10. The van der Waals surface area contributed by atoms with Crippen LogP contribution in [0.5, 0.6) is 5.75 Å². The highest BCUT2D eigenvalue weighted by Gasteiger charge is 2.49. The normalized spacial score (nSPS) is 15.8. The van der Waals surface area contributed by atoms with E-state index in [0.29, 0.717) is 10.0 Å². The van der Waals surface area contributed by atoms with Gasteiger partial charge in [0.05, 0.1) is 18.8 Å². The van der Waals surface area contributed by atoms with E-state index < -0.39 is 41.4 Å². The van der Waals surface area contributed by atoms with Crippen molar-refractivity contribution in [2.75, 3.05) is 26.4 Å². The van der Waals surface area contributed by atoms with E-state index in [1.54, 1.807) is 13.0 Å². The van der Waals surface area contributed by atoms with Gasteiger partial charge in [-0.05, 0) is 30.7 Å². The van der Waals surface area contributed by atoms with Crippen LogP contribution in [0.25, 0.3) is 6.08 Å². The Morgan fingerprint density at radius 1 is 1.21 bits per heavy atom. The molecule has 1 aliphatic rings. The van der Waals surface area contributed by atoms with E-state index in [1.165, 1.54) is 6.07 Å². The zero-order valence-corrected chi connectivity index (χ0v) is 19.3. The third-order valence-electron chi connectivity index (χ3n) is 4.04. The third kappa shape index (κ3) is 8.06. The first-order valence-electron chi connectivity index (χ1n) is 9.53. The van der Waals surface area contributed by atoms with Crippen molar-refractivity contribution < 1.29 is 56.4 Å². The summed E-state index contributed by atoms with van der Waals surface area (Å²) in [5.74, 6) is -1.43. The van der Waals surface area contributed by atoms with Gasteiger partial charge in [-0.3, -0.25) is 0 Å². The van der Waals surface area contributed by atoms with Crippen molar-refractivity contribution >= 4 is 34.1 Å². The summed E-state index contributed by atoms with van der Waals surface area (Å²) < 4.78 is 65.3. The van der Waals surface area contributed by atoms with Crippen LogP contribution < -0.4 is 4.74 Å². The number of carbonyl (C=O) groups is 2. The number of fused-ring (bicyclic) bond motifs is 1. The van der Waals surface area contributed by atoms with Crippen molar-refractivity contribution in [3.8, 4) is 5.75 Å². The average Bonchev–Trinajstić information content (AvgIpc) is 2.70. The quantitative estimate of drug-likeness (QED) is 0.138. The first-order valence-corrected chi connectivity index (χ1v) is 10.3. The number of hydrogen-bond acceptors (Lipinski definition) is 10. The van der Waals surface area contributed by atoms with Crippen LogP contribution in [0.3, 0.4) is 0 Å². The van der Waals surface area contributed by atoms with Crippen molar-refractivity contribution in [1.29, 1.82) is 0 Å². The molecular weight excluding hydrogens is 539 g/mol. The van der Waals surface area contributed by atoms with Crippen molar-refractivity contribution in [2.24, 2.45) is 0 Å². The second kappa shape index (κ2) is 11.9. The lowest BCUT2D eigenvalue weighted by Crippen LogP contribution is -2.41. The molecule has 1 aliphatic heterocycles. The highest BCUT2D eigenvalue weighted by molar-refractivity contribution is 9.10. The maximum absolute atomic E-state index is 13.6. The van der Waals surface area contributed by atoms with Gasteiger partial charge in [0, 0.05) is 17.0 Å². The Bertz CT molecular complexity index is 953. The third-order valence-corrected chi connectivity index (χ3v) is 4.50. The maximum Gasteiger partial charge on any atom is 0.511 e. The number of aryl methyl sites for hydroxylation is 1. The van der Waals surface area contributed by atoms with Crippen LogP contribution >= 0.6 is 15.9 Å². The fourth-order valence-electron chi connectivity index (χ4n) is 2.73. The van der Waals surface area contributed by atoms with Gasteiger partial charge in [-0.25, -0.2) is 9.59 Å². The lowest BCUT2D eigenvalue weighted by atomic mass is 9.99. The first-order chi connectivity index (χ1) is 15.9. The predicted molar refractivity (Wildman–Crippen MR) is 109 cm³/mol. The Labute approximate surface area is 198 Å². The summed E-state index contributed by atoms with van der Waals surface area (Å²) in [6.07, 6.45) is -9.37. The minimum absolute atomic E-state index is 0.0258. The van der Waals surface area contributed by atoms with Crippen LogP contribution in [0.1, 0.15) is 18.1 Å². The van der Waals surface area contributed by atoms with Crippen LogP contribution in [-0.4, -0.2) is 62.2 Å². The first kappa shape index (κ1) is 27.2. The van der Waals surface area contributed by atoms with E-state index in [0.717, 1.165) is 13.0 Å². The second-order valence-electron chi connectivity index (χ2n) is 6.64. The minimum atomic E-state index is -4.92. The molecule has 0 N–H and O–H groups in total. The molecule has 0 radical (unpaired) electrons.